The van der Waals surface area contributed by atoms with Crippen LogP contribution in [0, 0.1) is 0 Å². The summed E-state index contributed by atoms with van der Waals surface area (Å²) in [5.41, 5.74) is 1.79. The highest BCUT2D eigenvalue weighted by Gasteiger charge is 2.16. The number of aromatic hydroxyl groups is 1. The minimum Gasteiger partial charge on any atom is -0.503 e. The molecule has 1 N–H and O–H groups in total. The molecule has 0 fully saturated rings. The van der Waals surface area contributed by atoms with E-state index in [1.165, 1.54) is 12.3 Å². The molecular weight excluding hydrogens is 228 g/mol. The third kappa shape index (κ3) is 1.86. The number of fused-ring (bicyclic) bond motifs is 1. The van der Waals surface area contributed by atoms with Crippen LogP contribution in [0.2, 0.25) is 0 Å². The van der Waals surface area contributed by atoms with Gasteiger partial charge in [0.2, 0.25) is 5.43 Å². The third-order valence-electron chi connectivity index (χ3n) is 3.28. The molecular formula is C14H14N2O2. The van der Waals surface area contributed by atoms with Crippen molar-refractivity contribution < 1.29 is 5.11 Å². The quantitative estimate of drug-likeness (QED) is 0.825. The monoisotopic (exact) mass is 242 g/mol. The van der Waals surface area contributed by atoms with Crippen molar-refractivity contribution >= 4 is 5.69 Å². The molecule has 3 rings (SSSR count). The maximum Gasteiger partial charge on any atom is 0.223 e. The molecule has 4 nitrogen and oxygen atoms in total. The molecule has 0 unspecified atom stereocenters. The first-order valence-electron chi connectivity index (χ1n) is 5.96. The standard InChI is InChI=1S/C14H14N2O2/c17-13-8-12-9-15(11-4-2-1-3-5-11)6-7-16(12)10-14(13)18/h1-5,8,10,18H,6-7,9H2. The number of hydrogen-bond acceptors (Lipinski definition) is 3. The van der Waals surface area contributed by atoms with Crippen molar-refractivity contribution in [1.29, 1.82) is 0 Å². The number of para-hydroxylation sites is 1. The van der Waals surface area contributed by atoms with E-state index < -0.39 is 0 Å². The summed E-state index contributed by atoms with van der Waals surface area (Å²) in [5.74, 6) is -0.174. The first-order chi connectivity index (χ1) is 8.74. The fraction of sp³-hybridized carbons (Fsp3) is 0.214. The molecule has 1 aliphatic heterocycles. The van der Waals surface area contributed by atoms with E-state index in [0.29, 0.717) is 6.54 Å². The Morgan fingerprint density at radius 1 is 1.11 bits per heavy atom. The van der Waals surface area contributed by atoms with Crippen molar-refractivity contribution in [3.05, 3.63) is 58.5 Å². The van der Waals surface area contributed by atoms with E-state index in [2.05, 4.69) is 17.0 Å². The van der Waals surface area contributed by atoms with Crippen molar-refractivity contribution in [2.24, 2.45) is 0 Å². The second-order valence-electron chi connectivity index (χ2n) is 4.46. The predicted molar refractivity (Wildman–Crippen MR) is 69.9 cm³/mol. The van der Waals surface area contributed by atoms with Crippen LogP contribution in [0.1, 0.15) is 5.69 Å². The van der Waals surface area contributed by atoms with Crippen molar-refractivity contribution in [3.8, 4) is 5.75 Å². The largest absolute Gasteiger partial charge is 0.503 e. The fourth-order valence-electron chi connectivity index (χ4n) is 2.31. The molecule has 0 atom stereocenters. The summed E-state index contributed by atoms with van der Waals surface area (Å²) < 4.78 is 1.94. The number of hydrogen-bond donors (Lipinski definition) is 1. The molecule has 0 saturated carbocycles. The van der Waals surface area contributed by atoms with Gasteiger partial charge in [0.15, 0.2) is 5.75 Å². The molecule has 1 aromatic carbocycles. The van der Waals surface area contributed by atoms with Crippen LogP contribution in [0.5, 0.6) is 5.75 Å². The summed E-state index contributed by atoms with van der Waals surface area (Å²) in [5, 5.41) is 9.41. The highest BCUT2D eigenvalue weighted by Crippen LogP contribution is 2.20. The Morgan fingerprint density at radius 2 is 1.89 bits per heavy atom. The molecule has 4 heteroatoms. The van der Waals surface area contributed by atoms with Crippen LogP contribution in [-0.4, -0.2) is 16.2 Å². The number of aromatic nitrogens is 1. The minimum absolute atomic E-state index is 0.174. The number of rotatable bonds is 1. The van der Waals surface area contributed by atoms with Gasteiger partial charge in [0.05, 0.1) is 12.7 Å². The lowest BCUT2D eigenvalue weighted by atomic mass is 10.2. The van der Waals surface area contributed by atoms with Gasteiger partial charge in [-0.15, -0.1) is 0 Å². The molecule has 1 aliphatic rings. The number of benzene rings is 1. The van der Waals surface area contributed by atoms with Crippen molar-refractivity contribution in [2.45, 2.75) is 13.1 Å². The SMILES string of the molecule is O=c1cc2n(cc1O)CCN(c1ccccc1)C2. The Kier molecular flexibility index (Phi) is 2.55. The van der Waals surface area contributed by atoms with Crippen molar-refractivity contribution in [1.82, 2.24) is 4.57 Å². The lowest BCUT2D eigenvalue weighted by Crippen LogP contribution is -2.34. The summed E-state index contributed by atoms with van der Waals surface area (Å²) in [6.45, 7) is 2.34. The molecule has 0 bridgehead atoms. The van der Waals surface area contributed by atoms with Crippen LogP contribution >= 0.6 is 0 Å². The van der Waals surface area contributed by atoms with Gasteiger partial charge < -0.3 is 14.6 Å². The van der Waals surface area contributed by atoms with Crippen LogP contribution in [0.3, 0.4) is 0 Å². The Hall–Kier alpha value is -2.23. The Labute approximate surface area is 105 Å². The molecule has 0 radical (unpaired) electrons. The van der Waals surface area contributed by atoms with E-state index in [0.717, 1.165) is 24.5 Å². The summed E-state index contributed by atoms with van der Waals surface area (Å²) in [6.07, 6.45) is 1.53. The van der Waals surface area contributed by atoms with Gasteiger partial charge in [-0.2, -0.15) is 0 Å². The van der Waals surface area contributed by atoms with Crippen LogP contribution in [0.25, 0.3) is 0 Å². The highest BCUT2D eigenvalue weighted by atomic mass is 16.3. The normalized spacial score (nSPS) is 14.3. The maximum absolute atomic E-state index is 11.5. The van der Waals surface area contributed by atoms with Gasteiger partial charge >= 0.3 is 0 Å². The lowest BCUT2D eigenvalue weighted by molar-refractivity contribution is 0.452. The van der Waals surface area contributed by atoms with Gasteiger partial charge in [0, 0.05) is 30.5 Å². The number of pyridine rings is 1. The van der Waals surface area contributed by atoms with Crippen LogP contribution in [0.4, 0.5) is 5.69 Å². The Bertz CT molecular complexity index is 619. The van der Waals surface area contributed by atoms with E-state index in [9.17, 15) is 9.90 Å². The van der Waals surface area contributed by atoms with Gasteiger partial charge in [0.1, 0.15) is 0 Å². The minimum atomic E-state index is -0.309. The zero-order valence-corrected chi connectivity index (χ0v) is 9.91. The first kappa shape index (κ1) is 10.9. The van der Waals surface area contributed by atoms with Gasteiger partial charge in [0.25, 0.3) is 0 Å². The van der Waals surface area contributed by atoms with E-state index in [-0.39, 0.29) is 11.2 Å². The van der Waals surface area contributed by atoms with Crippen molar-refractivity contribution in [2.75, 3.05) is 11.4 Å². The molecule has 0 aliphatic carbocycles. The molecule has 2 aromatic rings. The van der Waals surface area contributed by atoms with E-state index in [4.69, 9.17) is 0 Å². The van der Waals surface area contributed by atoms with Gasteiger partial charge in [-0.3, -0.25) is 4.79 Å². The molecule has 0 spiro atoms. The van der Waals surface area contributed by atoms with E-state index >= 15 is 0 Å². The van der Waals surface area contributed by atoms with E-state index in [1.807, 2.05) is 22.8 Å². The average Bonchev–Trinajstić information content (AvgIpc) is 2.41. The molecule has 92 valence electrons. The smallest absolute Gasteiger partial charge is 0.223 e. The average molecular weight is 242 g/mol. The highest BCUT2D eigenvalue weighted by molar-refractivity contribution is 5.47. The molecule has 0 amide bonds. The second-order valence-corrected chi connectivity index (χ2v) is 4.46. The maximum atomic E-state index is 11.5. The topological polar surface area (TPSA) is 45.5 Å². The third-order valence-corrected chi connectivity index (χ3v) is 3.28. The van der Waals surface area contributed by atoms with Gasteiger partial charge in [-0.1, -0.05) is 18.2 Å². The fourth-order valence-corrected chi connectivity index (χ4v) is 2.31. The van der Waals surface area contributed by atoms with Gasteiger partial charge in [-0.25, -0.2) is 0 Å². The van der Waals surface area contributed by atoms with E-state index in [1.54, 1.807) is 0 Å². The first-order valence-corrected chi connectivity index (χ1v) is 5.96. The Balaban J connectivity index is 1.94. The summed E-state index contributed by atoms with van der Waals surface area (Å²) in [6, 6.07) is 11.7. The van der Waals surface area contributed by atoms with Crippen LogP contribution < -0.4 is 10.3 Å². The van der Waals surface area contributed by atoms with Crippen molar-refractivity contribution in [3.63, 3.8) is 0 Å². The lowest BCUT2D eigenvalue weighted by Gasteiger charge is -2.31. The van der Waals surface area contributed by atoms with Crippen LogP contribution in [-0.2, 0) is 13.1 Å². The number of anilines is 1. The Morgan fingerprint density at radius 3 is 2.67 bits per heavy atom. The number of nitrogens with zero attached hydrogens (tertiary/aromatic N) is 2. The van der Waals surface area contributed by atoms with Crippen LogP contribution in [0.15, 0.2) is 47.4 Å². The summed E-state index contributed by atoms with van der Waals surface area (Å²) in [7, 11) is 0. The second kappa shape index (κ2) is 4.22. The molecule has 18 heavy (non-hydrogen) atoms. The summed E-state index contributed by atoms with van der Waals surface area (Å²) >= 11 is 0. The molecule has 1 aromatic heterocycles. The zero-order chi connectivity index (χ0) is 12.5. The predicted octanol–water partition coefficient (Wildman–Crippen LogP) is 1.57. The zero-order valence-electron chi connectivity index (χ0n) is 9.91. The van der Waals surface area contributed by atoms with Gasteiger partial charge in [-0.05, 0) is 12.1 Å². The molecule has 0 saturated heterocycles. The summed E-state index contributed by atoms with van der Waals surface area (Å²) in [4.78, 5) is 13.7. The molecule has 2 heterocycles.